The number of ether oxygens (including phenoxy) is 1. The van der Waals surface area contributed by atoms with Crippen LogP contribution in [0.5, 0.6) is 5.75 Å². The minimum Gasteiger partial charge on any atom is -0.496 e. The zero-order valence-electron chi connectivity index (χ0n) is 13.4. The molecule has 1 aromatic carbocycles. The topological polar surface area (TPSA) is 41.6 Å². The second-order valence-corrected chi connectivity index (χ2v) is 6.88. The number of hydrogen-bond donors (Lipinski definition) is 1. The van der Waals surface area contributed by atoms with Gasteiger partial charge in [0.1, 0.15) is 5.75 Å². The molecule has 6 heteroatoms. The highest BCUT2D eigenvalue weighted by Gasteiger charge is 2.37. The highest BCUT2D eigenvalue weighted by molar-refractivity contribution is 6.30. The molecule has 2 aliphatic heterocycles. The van der Waals surface area contributed by atoms with Crippen LogP contribution in [0.25, 0.3) is 0 Å². The van der Waals surface area contributed by atoms with Gasteiger partial charge in [-0.05, 0) is 49.4 Å². The van der Waals surface area contributed by atoms with Crippen LogP contribution < -0.4 is 10.1 Å². The minimum absolute atomic E-state index is 0. The number of methoxy groups -OCH3 is 1. The summed E-state index contributed by atoms with van der Waals surface area (Å²) in [5, 5.41) is 4.09. The number of amides is 1. The van der Waals surface area contributed by atoms with Gasteiger partial charge in [0.05, 0.1) is 13.5 Å². The summed E-state index contributed by atoms with van der Waals surface area (Å²) >= 11 is 6.04. The third kappa shape index (κ3) is 4.11. The summed E-state index contributed by atoms with van der Waals surface area (Å²) in [6, 6.07) is 5.43. The van der Waals surface area contributed by atoms with Crippen molar-refractivity contribution in [1.82, 2.24) is 10.2 Å². The van der Waals surface area contributed by atoms with Crippen LogP contribution in [0.1, 0.15) is 24.8 Å². The maximum absolute atomic E-state index is 12.6. The van der Waals surface area contributed by atoms with Gasteiger partial charge in [0.25, 0.3) is 0 Å². The van der Waals surface area contributed by atoms with E-state index in [4.69, 9.17) is 16.3 Å². The van der Waals surface area contributed by atoms with Gasteiger partial charge in [0.2, 0.25) is 5.91 Å². The van der Waals surface area contributed by atoms with E-state index in [9.17, 15) is 4.79 Å². The Bertz CT molecular complexity index is 550. The Morgan fingerprint density at radius 2 is 2.09 bits per heavy atom. The number of halogens is 2. The van der Waals surface area contributed by atoms with Gasteiger partial charge in [-0.15, -0.1) is 12.4 Å². The van der Waals surface area contributed by atoms with Gasteiger partial charge < -0.3 is 15.0 Å². The first kappa shape index (κ1) is 18.4. The highest BCUT2D eigenvalue weighted by atomic mass is 35.5. The Kier molecular flexibility index (Phi) is 6.18. The number of rotatable bonds is 3. The van der Waals surface area contributed by atoms with Crippen molar-refractivity contribution >= 4 is 29.9 Å². The van der Waals surface area contributed by atoms with E-state index in [0.29, 0.717) is 16.9 Å². The molecule has 2 aliphatic rings. The third-order valence-corrected chi connectivity index (χ3v) is 5.33. The third-order valence-electron chi connectivity index (χ3n) is 5.09. The molecule has 2 heterocycles. The molecule has 0 saturated carbocycles. The summed E-state index contributed by atoms with van der Waals surface area (Å²) < 4.78 is 5.33. The number of likely N-dealkylation sites (tertiary alicyclic amines) is 1. The van der Waals surface area contributed by atoms with Crippen molar-refractivity contribution in [2.24, 2.45) is 5.41 Å². The van der Waals surface area contributed by atoms with Gasteiger partial charge in [-0.3, -0.25) is 4.79 Å². The first-order valence-electron chi connectivity index (χ1n) is 7.93. The molecule has 0 radical (unpaired) electrons. The summed E-state index contributed by atoms with van der Waals surface area (Å²) in [6.45, 7) is 3.96. The monoisotopic (exact) mass is 358 g/mol. The number of hydrogen-bond acceptors (Lipinski definition) is 3. The first-order chi connectivity index (χ1) is 10.6. The van der Waals surface area contributed by atoms with Crippen LogP contribution in [0.15, 0.2) is 18.2 Å². The number of nitrogens with one attached hydrogen (secondary N) is 1. The second-order valence-electron chi connectivity index (χ2n) is 6.44. The summed E-state index contributed by atoms with van der Waals surface area (Å²) in [5.41, 5.74) is 1.30. The van der Waals surface area contributed by atoms with Crippen LogP contribution in [0.2, 0.25) is 5.02 Å². The molecule has 1 N–H and O–H groups in total. The van der Waals surface area contributed by atoms with Crippen LogP contribution in [-0.2, 0) is 11.2 Å². The number of nitrogens with zero attached hydrogens (tertiary/aromatic N) is 1. The average Bonchev–Trinajstić information content (AvgIpc) is 2.96. The molecule has 23 heavy (non-hydrogen) atoms. The Morgan fingerprint density at radius 1 is 1.35 bits per heavy atom. The van der Waals surface area contributed by atoms with Gasteiger partial charge in [-0.2, -0.15) is 0 Å². The lowest BCUT2D eigenvalue weighted by Crippen LogP contribution is -2.44. The van der Waals surface area contributed by atoms with E-state index in [1.54, 1.807) is 13.2 Å². The summed E-state index contributed by atoms with van der Waals surface area (Å²) in [4.78, 5) is 14.6. The molecule has 4 nitrogen and oxygen atoms in total. The minimum atomic E-state index is 0. The van der Waals surface area contributed by atoms with E-state index in [2.05, 4.69) is 5.32 Å². The molecule has 2 fully saturated rings. The number of carbonyl (C=O) groups is 1. The Morgan fingerprint density at radius 3 is 2.70 bits per heavy atom. The van der Waals surface area contributed by atoms with Gasteiger partial charge in [-0.1, -0.05) is 11.6 Å². The Balaban J connectivity index is 0.00000192. The van der Waals surface area contributed by atoms with E-state index in [1.807, 2.05) is 17.0 Å². The summed E-state index contributed by atoms with van der Waals surface area (Å²) in [7, 11) is 1.62. The average molecular weight is 359 g/mol. The molecule has 1 amide bonds. The quantitative estimate of drug-likeness (QED) is 0.902. The van der Waals surface area contributed by atoms with Crippen molar-refractivity contribution in [1.29, 1.82) is 0 Å². The summed E-state index contributed by atoms with van der Waals surface area (Å²) in [5.74, 6) is 0.896. The molecular formula is C17H24Cl2N2O2. The van der Waals surface area contributed by atoms with Crippen LogP contribution in [0, 0.1) is 5.41 Å². The van der Waals surface area contributed by atoms with Crippen molar-refractivity contribution in [3.05, 3.63) is 28.8 Å². The van der Waals surface area contributed by atoms with E-state index < -0.39 is 0 Å². The molecule has 1 spiro atoms. The van der Waals surface area contributed by atoms with Gasteiger partial charge in [0, 0.05) is 30.2 Å². The molecule has 0 aliphatic carbocycles. The van der Waals surface area contributed by atoms with E-state index in [1.165, 1.54) is 6.42 Å². The van der Waals surface area contributed by atoms with Crippen molar-refractivity contribution in [3.8, 4) is 5.75 Å². The fourth-order valence-corrected chi connectivity index (χ4v) is 3.81. The smallest absolute Gasteiger partial charge is 0.227 e. The summed E-state index contributed by atoms with van der Waals surface area (Å²) in [6.07, 6.45) is 3.82. The van der Waals surface area contributed by atoms with Crippen molar-refractivity contribution in [3.63, 3.8) is 0 Å². The zero-order valence-corrected chi connectivity index (χ0v) is 15.0. The highest BCUT2D eigenvalue weighted by Crippen LogP contribution is 2.37. The number of carbonyl (C=O) groups excluding carboxylic acids is 1. The molecule has 128 valence electrons. The van der Waals surface area contributed by atoms with E-state index >= 15 is 0 Å². The largest absolute Gasteiger partial charge is 0.496 e. The standard InChI is InChI=1S/C17H23ClN2O2.ClH/c1-22-15-3-2-14(18)10-13(15)11-16(21)20-8-5-17(6-9-20)4-7-19-12-17;/h2-3,10,19H,4-9,11-12H2,1H3;1H. The van der Waals surface area contributed by atoms with Crippen molar-refractivity contribution in [2.75, 3.05) is 33.3 Å². The van der Waals surface area contributed by atoms with Gasteiger partial charge >= 0.3 is 0 Å². The van der Waals surface area contributed by atoms with Crippen LogP contribution in [0.4, 0.5) is 0 Å². The van der Waals surface area contributed by atoms with E-state index in [0.717, 1.165) is 50.3 Å². The lowest BCUT2D eigenvalue weighted by Gasteiger charge is -2.39. The molecule has 0 atom stereocenters. The molecule has 0 bridgehead atoms. The molecule has 0 aromatic heterocycles. The second kappa shape index (κ2) is 7.73. The predicted octanol–water partition coefficient (Wildman–Crippen LogP) is 2.92. The van der Waals surface area contributed by atoms with Crippen molar-refractivity contribution < 1.29 is 9.53 Å². The normalized spacial score (nSPS) is 19.5. The lowest BCUT2D eigenvalue weighted by atomic mass is 9.78. The zero-order chi connectivity index (χ0) is 15.6. The Labute approximate surface area is 148 Å². The van der Waals surface area contributed by atoms with Crippen LogP contribution in [0.3, 0.4) is 0 Å². The van der Waals surface area contributed by atoms with Crippen LogP contribution in [-0.4, -0.2) is 44.1 Å². The molecule has 1 aromatic rings. The fraction of sp³-hybridized carbons (Fsp3) is 0.588. The molecular weight excluding hydrogens is 335 g/mol. The predicted molar refractivity (Wildman–Crippen MR) is 94.7 cm³/mol. The van der Waals surface area contributed by atoms with Gasteiger partial charge in [0.15, 0.2) is 0 Å². The number of piperidine rings is 1. The van der Waals surface area contributed by atoms with Gasteiger partial charge in [-0.25, -0.2) is 0 Å². The SMILES string of the molecule is COc1ccc(Cl)cc1CC(=O)N1CCC2(CCNC2)CC1.Cl. The molecule has 2 saturated heterocycles. The maximum atomic E-state index is 12.6. The van der Waals surface area contributed by atoms with E-state index in [-0.39, 0.29) is 18.3 Å². The first-order valence-corrected chi connectivity index (χ1v) is 8.31. The molecule has 0 unspecified atom stereocenters. The maximum Gasteiger partial charge on any atom is 0.227 e. The lowest BCUT2D eigenvalue weighted by molar-refractivity contribution is -0.132. The number of benzene rings is 1. The van der Waals surface area contributed by atoms with Crippen LogP contribution >= 0.6 is 24.0 Å². The Hall–Kier alpha value is -0.970. The fourth-order valence-electron chi connectivity index (χ4n) is 3.61. The van der Waals surface area contributed by atoms with Crippen molar-refractivity contribution in [2.45, 2.75) is 25.7 Å². The molecule has 3 rings (SSSR count).